The first-order valence-electron chi connectivity index (χ1n) is 8.10. The molecule has 3 rings (SSSR count). The molecule has 2 aliphatic heterocycles. The molecule has 0 aliphatic carbocycles. The van der Waals surface area contributed by atoms with Crippen molar-refractivity contribution in [3.05, 3.63) is 11.6 Å². The fourth-order valence-corrected chi connectivity index (χ4v) is 3.43. The Kier molecular flexibility index (Phi) is 4.36. The second kappa shape index (κ2) is 6.22. The van der Waals surface area contributed by atoms with Crippen LogP contribution in [0.4, 0.5) is 0 Å². The predicted molar refractivity (Wildman–Crippen MR) is 79.6 cm³/mol. The lowest BCUT2D eigenvalue weighted by atomic mass is 10.0. The van der Waals surface area contributed by atoms with Gasteiger partial charge in [-0.3, -0.25) is 0 Å². The third-order valence-corrected chi connectivity index (χ3v) is 4.73. The molecule has 1 unspecified atom stereocenters. The normalized spacial score (nSPS) is 23.3. The van der Waals surface area contributed by atoms with Crippen molar-refractivity contribution in [3.63, 3.8) is 0 Å². The number of piperidine rings is 1. The van der Waals surface area contributed by atoms with Crippen LogP contribution in [-0.4, -0.2) is 45.8 Å². The van der Waals surface area contributed by atoms with Gasteiger partial charge in [0, 0.05) is 19.0 Å². The lowest BCUT2D eigenvalue weighted by Gasteiger charge is -2.31. The highest BCUT2D eigenvalue weighted by molar-refractivity contribution is 5.02. The number of likely N-dealkylation sites (tertiary alicyclic amines) is 1. The van der Waals surface area contributed by atoms with E-state index in [1.54, 1.807) is 0 Å². The molecule has 1 atom stereocenters. The third-order valence-electron chi connectivity index (χ3n) is 4.73. The summed E-state index contributed by atoms with van der Waals surface area (Å²) in [4.78, 5) is 2.41. The molecule has 0 aromatic carbocycles. The smallest absolute Gasteiger partial charge is 0.149 e. The van der Waals surface area contributed by atoms with Crippen LogP contribution in [0.2, 0.25) is 0 Å². The monoisotopic (exact) mass is 277 g/mol. The SMILES string of the molecule is CC(NC1CCN(C)CC1)c1nnc2n1CCCCC2. The van der Waals surface area contributed by atoms with E-state index in [9.17, 15) is 0 Å². The van der Waals surface area contributed by atoms with Gasteiger partial charge in [0.1, 0.15) is 11.6 Å². The van der Waals surface area contributed by atoms with E-state index in [1.807, 2.05) is 0 Å². The van der Waals surface area contributed by atoms with Crippen LogP contribution >= 0.6 is 0 Å². The minimum Gasteiger partial charge on any atom is -0.314 e. The number of fused-ring (bicyclic) bond motifs is 1. The van der Waals surface area contributed by atoms with Crippen molar-refractivity contribution >= 4 is 0 Å². The van der Waals surface area contributed by atoms with E-state index in [-0.39, 0.29) is 0 Å². The third kappa shape index (κ3) is 3.04. The summed E-state index contributed by atoms with van der Waals surface area (Å²) in [5, 5.41) is 12.6. The van der Waals surface area contributed by atoms with E-state index in [2.05, 4.69) is 39.0 Å². The Morgan fingerprint density at radius 3 is 2.70 bits per heavy atom. The molecular weight excluding hydrogens is 250 g/mol. The van der Waals surface area contributed by atoms with Gasteiger partial charge in [-0.15, -0.1) is 10.2 Å². The summed E-state index contributed by atoms with van der Waals surface area (Å²) in [5.74, 6) is 2.33. The van der Waals surface area contributed by atoms with Gasteiger partial charge in [0.25, 0.3) is 0 Å². The van der Waals surface area contributed by atoms with Crippen LogP contribution in [0.25, 0.3) is 0 Å². The molecule has 1 aromatic rings. The minimum absolute atomic E-state index is 0.308. The molecule has 20 heavy (non-hydrogen) atoms. The van der Waals surface area contributed by atoms with Crippen molar-refractivity contribution in [2.45, 2.75) is 64.1 Å². The van der Waals surface area contributed by atoms with Crippen molar-refractivity contribution < 1.29 is 0 Å². The minimum atomic E-state index is 0.308. The van der Waals surface area contributed by atoms with Crippen molar-refractivity contribution in [1.29, 1.82) is 0 Å². The molecule has 0 spiro atoms. The zero-order chi connectivity index (χ0) is 13.9. The maximum absolute atomic E-state index is 4.46. The van der Waals surface area contributed by atoms with E-state index < -0.39 is 0 Å². The quantitative estimate of drug-likeness (QED) is 0.914. The standard InChI is InChI=1S/C15H27N5/c1-12(16-13-7-10-19(2)11-8-13)15-18-17-14-6-4-3-5-9-20(14)15/h12-13,16H,3-11H2,1-2H3. The highest BCUT2D eigenvalue weighted by Crippen LogP contribution is 2.20. The molecule has 0 amide bonds. The molecule has 1 fully saturated rings. The van der Waals surface area contributed by atoms with E-state index in [0.717, 1.165) is 18.8 Å². The first-order valence-corrected chi connectivity index (χ1v) is 8.10. The summed E-state index contributed by atoms with van der Waals surface area (Å²) >= 11 is 0. The van der Waals surface area contributed by atoms with Crippen LogP contribution in [0, 0.1) is 0 Å². The van der Waals surface area contributed by atoms with Gasteiger partial charge in [0.05, 0.1) is 6.04 Å². The summed E-state index contributed by atoms with van der Waals surface area (Å²) in [6.07, 6.45) is 7.41. The molecule has 0 radical (unpaired) electrons. The van der Waals surface area contributed by atoms with Crippen LogP contribution in [0.15, 0.2) is 0 Å². The Bertz CT molecular complexity index is 433. The van der Waals surface area contributed by atoms with Crippen molar-refractivity contribution in [2.75, 3.05) is 20.1 Å². The summed E-state index contributed by atoms with van der Waals surface area (Å²) in [6, 6.07) is 0.933. The second-order valence-electron chi connectivity index (χ2n) is 6.40. The first-order chi connectivity index (χ1) is 9.74. The van der Waals surface area contributed by atoms with Gasteiger partial charge >= 0.3 is 0 Å². The molecule has 5 nitrogen and oxygen atoms in total. The molecule has 0 saturated carbocycles. The van der Waals surface area contributed by atoms with Gasteiger partial charge < -0.3 is 14.8 Å². The van der Waals surface area contributed by atoms with E-state index >= 15 is 0 Å². The molecule has 2 aliphatic rings. The zero-order valence-electron chi connectivity index (χ0n) is 12.8. The predicted octanol–water partition coefficient (Wildman–Crippen LogP) is 1.75. The topological polar surface area (TPSA) is 46.0 Å². The lowest BCUT2D eigenvalue weighted by molar-refractivity contribution is 0.224. The molecule has 0 bridgehead atoms. The molecule has 3 heterocycles. The highest BCUT2D eigenvalue weighted by Gasteiger charge is 2.23. The second-order valence-corrected chi connectivity index (χ2v) is 6.40. The Balaban J connectivity index is 1.65. The maximum Gasteiger partial charge on any atom is 0.149 e. The van der Waals surface area contributed by atoms with Crippen molar-refractivity contribution in [1.82, 2.24) is 25.0 Å². The first kappa shape index (κ1) is 14.0. The van der Waals surface area contributed by atoms with Gasteiger partial charge in [-0.1, -0.05) is 6.42 Å². The Morgan fingerprint density at radius 1 is 1.10 bits per heavy atom. The average Bonchev–Trinajstić information content (AvgIpc) is 2.71. The van der Waals surface area contributed by atoms with Crippen LogP contribution < -0.4 is 5.32 Å². The van der Waals surface area contributed by atoms with Crippen LogP contribution in [0.5, 0.6) is 0 Å². The number of hydrogen-bond acceptors (Lipinski definition) is 4. The maximum atomic E-state index is 4.46. The van der Waals surface area contributed by atoms with Crippen LogP contribution in [0.3, 0.4) is 0 Å². The average molecular weight is 277 g/mol. The van der Waals surface area contributed by atoms with E-state index in [1.165, 1.54) is 51.0 Å². The molecular formula is C15H27N5. The zero-order valence-corrected chi connectivity index (χ0v) is 12.8. The van der Waals surface area contributed by atoms with Gasteiger partial charge in [-0.25, -0.2) is 0 Å². The molecule has 1 aromatic heterocycles. The fraction of sp³-hybridized carbons (Fsp3) is 0.867. The Hall–Kier alpha value is -0.940. The number of aryl methyl sites for hydroxylation is 1. The summed E-state index contributed by atoms with van der Waals surface area (Å²) < 4.78 is 2.36. The fourth-order valence-electron chi connectivity index (χ4n) is 3.43. The van der Waals surface area contributed by atoms with Crippen LogP contribution in [0.1, 0.15) is 56.7 Å². The van der Waals surface area contributed by atoms with Crippen molar-refractivity contribution in [3.8, 4) is 0 Å². The highest BCUT2D eigenvalue weighted by atomic mass is 15.3. The number of nitrogens with one attached hydrogen (secondary N) is 1. The van der Waals surface area contributed by atoms with E-state index in [4.69, 9.17) is 0 Å². The number of nitrogens with zero attached hydrogens (tertiary/aromatic N) is 4. The molecule has 1 saturated heterocycles. The summed E-state index contributed by atoms with van der Waals surface area (Å²) in [5.41, 5.74) is 0. The van der Waals surface area contributed by atoms with E-state index in [0.29, 0.717) is 12.1 Å². The molecule has 112 valence electrons. The van der Waals surface area contributed by atoms with Gasteiger partial charge in [0.15, 0.2) is 0 Å². The lowest BCUT2D eigenvalue weighted by Crippen LogP contribution is -2.42. The van der Waals surface area contributed by atoms with Gasteiger partial charge in [0.2, 0.25) is 0 Å². The van der Waals surface area contributed by atoms with Crippen molar-refractivity contribution in [2.24, 2.45) is 0 Å². The Labute approximate surface area is 121 Å². The Morgan fingerprint density at radius 2 is 1.90 bits per heavy atom. The number of hydrogen-bond donors (Lipinski definition) is 1. The largest absolute Gasteiger partial charge is 0.314 e. The summed E-state index contributed by atoms with van der Waals surface area (Å²) in [7, 11) is 2.21. The number of rotatable bonds is 3. The number of aromatic nitrogens is 3. The molecule has 5 heteroatoms. The van der Waals surface area contributed by atoms with Gasteiger partial charge in [-0.05, 0) is 52.7 Å². The summed E-state index contributed by atoms with van der Waals surface area (Å²) in [6.45, 7) is 5.72. The molecule has 1 N–H and O–H groups in total. The van der Waals surface area contributed by atoms with Crippen LogP contribution in [-0.2, 0) is 13.0 Å². The van der Waals surface area contributed by atoms with Gasteiger partial charge in [-0.2, -0.15) is 0 Å².